The first-order valence-corrected chi connectivity index (χ1v) is 5.06. The predicted molar refractivity (Wildman–Crippen MR) is 60.4 cm³/mol. The van der Waals surface area contributed by atoms with Crippen LogP contribution < -0.4 is 5.32 Å². The van der Waals surface area contributed by atoms with Gasteiger partial charge in [-0.2, -0.15) is 0 Å². The Morgan fingerprint density at radius 1 is 1.31 bits per heavy atom. The molecule has 0 aliphatic heterocycles. The fourth-order valence-corrected chi connectivity index (χ4v) is 1.24. The quantitative estimate of drug-likeness (QED) is 0.819. The number of rotatable bonds is 3. The largest absolute Gasteiger partial charge is 0.467 e. The number of ether oxygens (including phenoxy) is 1. The molecule has 0 saturated carbocycles. The van der Waals surface area contributed by atoms with Crippen LogP contribution in [0.1, 0.15) is 17.3 Å². The van der Waals surface area contributed by atoms with Gasteiger partial charge in [-0.25, -0.2) is 4.79 Å². The van der Waals surface area contributed by atoms with E-state index in [0.29, 0.717) is 10.6 Å². The highest BCUT2D eigenvalue weighted by Crippen LogP contribution is 2.09. The minimum Gasteiger partial charge on any atom is -0.467 e. The number of nitrogens with one attached hydrogen (secondary N) is 1. The summed E-state index contributed by atoms with van der Waals surface area (Å²) in [6.07, 6.45) is 0. The van der Waals surface area contributed by atoms with E-state index in [1.54, 1.807) is 31.2 Å². The van der Waals surface area contributed by atoms with Gasteiger partial charge < -0.3 is 10.1 Å². The molecule has 0 heterocycles. The fraction of sp³-hybridized carbons (Fsp3) is 0.273. The summed E-state index contributed by atoms with van der Waals surface area (Å²) in [6, 6.07) is 5.72. The average molecular weight is 242 g/mol. The predicted octanol–water partition coefficient (Wildman–Crippen LogP) is 1.63. The van der Waals surface area contributed by atoms with Crippen LogP contribution in [0.3, 0.4) is 0 Å². The molecule has 0 unspecified atom stereocenters. The molecule has 16 heavy (non-hydrogen) atoms. The van der Waals surface area contributed by atoms with Gasteiger partial charge in [0.2, 0.25) is 0 Å². The number of esters is 1. The standard InChI is InChI=1S/C11H12ClNO3/c1-7(11(15)16-2)13-10(14)8-3-5-9(12)6-4-8/h3-7H,1-2H3,(H,13,14)/t7-/m1/s1. The number of halogens is 1. The third kappa shape index (κ3) is 3.24. The number of methoxy groups -OCH3 is 1. The van der Waals surface area contributed by atoms with E-state index in [1.165, 1.54) is 7.11 Å². The summed E-state index contributed by atoms with van der Waals surface area (Å²) in [5.74, 6) is -0.822. The van der Waals surface area contributed by atoms with Crippen molar-refractivity contribution in [2.45, 2.75) is 13.0 Å². The first-order valence-electron chi connectivity index (χ1n) is 4.69. The second-order valence-electron chi connectivity index (χ2n) is 3.23. The van der Waals surface area contributed by atoms with Crippen molar-refractivity contribution < 1.29 is 14.3 Å². The summed E-state index contributed by atoms with van der Waals surface area (Å²) < 4.78 is 4.49. The van der Waals surface area contributed by atoms with Crippen molar-refractivity contribution in [3.63, 3.8) is 0 Å². The van der Waals surface area contributed by atoms with Crippen LogP contribution in [-0.2, 0) is 9.53 Å². The lowest BCUT2D eigenvalue weighted by molar-refractivity contribution is -0.142. The van der Waals surface area contributed by atoms with Crippen LogP contribution in [0.4, 0.5) is 0 Å². The molecule has 0 saturated heterocycles. The number of amides is 1. The first-order chi connectivity index (χ1) is 7.54. The smallest absolute Gasteiger partial charge is 0.328 e. The highest BCUT2D eigenvalue weighted by Gasteiger charge is 2.16. The van der Waals surface area contributed by atoms with Gasteiger partial charge in [-0.1, -0.05) is 11.6 Å². The van der Waals surface area contributed by atoms with E-state index in [9.17, 15) is 9.59 Å². The van der Waals surface area contributed by atoms with Crippen molar-refractivity contribution >= 4 is 23.5 Å². The van der Waals surface area contributed by atoms with Gasteiger partial charge in [-0.3, -0.25) is 4.79 Å². The van der Waals surface area contributed by atoms with Gasteiger partial charge >= 0.3 is 5.97 Å². The molecule has 0 bridgehead atoms. The van der Waals surface area contributed by atoms with E-state index in [2.05, 4.69) is 10.1 Å². The molecule has 5 heteroatoms. The van der Waals surface area contributed by atoms with Crippen LogP contribution in [0.15, 0.2) is 24.3 Å². The highest BCUT2D eigenvalue weighted by molar-refractivity contribution is 6.30. The molecular formula is C11H12ClNO3. The number of hydrogen-bond acceptors (Lipinski definition) is 3. The van der Waals surface area contributed by atoms with Crippen LogP contribution in [0.5, 0.6) is 0 Å². The monoisotopic (exact) mass is 241 g/mol. The summed E-state index contributed by atoms with van der Waals surface area (Å²) in [4.78, 5) is 22.7. The Balaban J connectivity index is 2.65. The molecule has 0 aliphatic rings. The number of carbonyl (C=O) groups is 2. The van der Waals surface area contributed by atoms with Crippen molar-refractivity contribution in [3.8, 4) is 0 Å². The molecule has 1 N–H and O–H groups in total. The van der Waals surface area contributed by atoms with Gasteiger partial charge in [0.25, 0.3) is 5.91 Å². The van der Waals surface area contributed by atoms with Crippen molar-refractivity contribution in [1.29, 1.82) is 0 Å². The van der Waals surface area contributed by atoms with Gasteiger partial charge in [0, 0.05) is 10.6 Å². The number of hydrogen-bond donors (Lipinski definition) is 1. The molecular weight excluding hydrogens is 230 g/mol. The molecule has 0 aliphatic carbocycles. The summed E-state index contributed by atoms with van der Waals surface area (Å²) in [5, 5.41) is 3.06. The van der Waals surface area contributed by atoms with Crippen LogP contribution in [0.2, 0.25) is 5.02 Å². The second kappa shape index (κ2) is 5.51. The van der Waals surface area contributed by atoms with Crippen LogP contribution in [-0.4, -0.2) is 25.0 Å². The lowest BCUT2D eigenvalue weighted by Crippen LogP contribution is -2.39. The zero-order chi connectivity index (χ0) is 12.1. The fourth-order valence-electron chi connectivity index (χ4n) is 1.12. The molecule has 1 atom stereocenters. The zero-order valence-electron chi connectivity index (χ0n) is 8.99. The van der Waals surface area contributed by atoms with Crippen LogP contribution in [0.25, 0.3) is 0 Å². The maximum absolute atomic E-state index is 11.6. The highest BCUT2D eigenvalue weighted by atomic mass is 35.5. The van der Waals surface area contributed by atoms with Crippen LogP contribution in [0, 0.1) is 0 Å². The Kier molecular flexibility index (Phi) is 4.31. The van der Waals surface area contributed by atoms with Crippen molar-refractivity contribution in [3.05, 3.63) is 34.9 Å². The third-order valence-corrected chi connectivity index (χ3v) is 2.26. The minimum atomic E-state index is -0.673. The van der Waals surface area contributed by atoms with Gasteiger partial charge in [0.1, 0.15) is 6.04 Å². The molecule has 1 rings (SSSR count). The van der Waals surface area contributed by atoms with E-state index in [1.807, 2.05) is 0 Å². The summed E-state index contributed by atoms with van der Waals surface area (Å²) in [5.41, 5.74) is 0.445. The van der Waals surface area contributed by atoms with Gasteiger partial charge in [-0.15, -0.1) is 0 Å². The molecule has 0 spiro atoms. The van der Waals surface area contributed by atoms with E-state index >= 15 is 0 Å². The van der Waals surface area contributed by atoms with E-state index in [0.717, 1.165) is 0 Å². The lowest BCUT2D eigenvalue weighted by Gasteiger charge is -2.11. The van der Waals surface area contributed by atoms with E-state index in [-0.39, 0.29) is 5.91 Å². The van der Waals surface area contributed by atoms with Gasteiger partial charge in [0.05, 0.1) is 7.11 Å². The molecule has 86 valence electrons. The van der Waals surface area contributed by atoms with Crippen molar-refractivity contribution in [1.82, 2.24) is 5.32 Å². The molecule has 0 fully saturated rings. The van der Waals surface area contributed by atoms with Crippen molar-refractivity contribution in [2.24, 2.45) is 0 Å². The molecule has 1 amide bonds. The summed E-state index contributed by atoms with van der Waals surface area (Å²) in [7, 11) is 1.27. The molecule has 1 aromatic carbocycles. The first kappa shape index (κ1) is 12.5. The Bertz CT molecular complexity index is 389. The number of carbonyl (C=O) groups excluding carboxylic acids is 2. The Hall–Kier alpha value is -1.55. The average Bonchev–Trinajstić information content (AvgIpc) is 2.28. The Morgan fingerprint density at radius 2 is 1.88 bits per heavy atom. The summed E-state index contributed by atoms with van der Waals surface area (Å²) >= 11 is 5.69. The van der Waals surface area contributed by atoms with Gasteiger partial charge in [0.15, 0.2) is 0 Å². The van der Waals surface area contributed by atoms with Gasteiger partial charge in [-0.05, 0) is 31.2 Å². The Morgan fingerprint density at radius 3 is 2.38 bits per heavy atom. The number of benzene rings is 1. The third-order valence-electron chi connectivity index (χ3n) is 2.01. The molecule has 4 nitrogen and oxygen atoms in total. The summed E-state index contributed by atoms with van der Waals surface area (Å²) in [6.45, 7) is 1.56. The second-order valence-corrected chi connectivity index (χ2v) is 3.66. The normalized spacial score (nSPS) is 11.7. The molecule has 0 radical (unpaired) electrons. The van der Waals surface area contributed by atoms with E-state index < -0.39 is 12.0 Å². The SMILES string of the molecule is COC(=O)[C@@H](C)NC(=O)c1ccc(Cl)cc1. The van der Waals surface area contributed by atoms with Crippen LogP contribution >= 0.6 is 11.6 Å². The minimum absolute atomic E-state index is 0.338. The van der Waals surface area contributed by atoms with Crippen molar-refractivity contribution in [2.75, 3.05) is 7.11 Å². The zero-order valence-corrected chi connectivity index (χ0v) is 9.75. The molecule has 1 aromatic rings. The topological polar surface area (TPSA) is 55.4 Å². The van der Waals surface area contributed by atoms with E-state index in [4.69, 9.17) is 11.6 Å². The maximum atomic E-state index is 11.6. The lowest BCUT2D eigenvalue weighted by atomic mass is 10.2. The molecule has 0 aromatic heterocycles. The Labute approximate surface area is 98.5 Å². The maximum Gasteiger partial charge on any atom is 0.328 e.